The molecule has 0 saturated carbocycles. The van der Waals surface area contributed by atoms with Gasteiger partial charge in [0.1, 0.15) is 0 Å². The summed E-state index contributed by atoms with van der Waals surface area (Å²) in [6.45, 7) is 1.79. The van der Waals surface area contributed by atoms with Crippen LogP contribution in [0.5, 0.6) is 0 Å². The normalized spacial score (nSPS) is 11.8. The number of hydrogen-bond donors (Lipinski definition) is 0. The largest absolute Gasteiger partial charge is 0.462 e. The smallest absolute Gasteiger partial charge is 0.396 e. The third-order valence-corrected chi connectivity index (χ3v) is 2.96. The molecule has 0 aliphatic rings. The van der Waals surface area contributed by atoms with Crippen molar-refractivity contribution in [3.05, 3.63) is 34.9 Å². The summed E-state index contributed by atoms with van der Waals surface area (Å²) >= 11 is 6.03. The molecule has 17 heavy (non-hydrogen) atoms. The molecule has 0 radical (unpaired) electrons. The van der Waals surface area contributed by atoms with Gasteiger partial charge in [-0.25, -0.2) is 4.79 Å². The summed E-state index contributed by atoms with van der Waals surface area (Å²) in [5.41, 5.74) is 0.786. The zero-order valence-electron chi connectivity index (χ0n) is 9.94. The summed E-state index contributed by atoms with van der Waals surface area (Å²) < 4.78 is 4.39. The lowest BCUT2D eigenvalue weighted by Crippen LogP contribution is -2.36. The van der Waals surface area contributed by atoms with Crippen molar-refractivity contribution in [1.29, 1.82) is 0 Å². The average molecular weight is 256 g/mol. The van der Waals surface area contributed by atoms with E-state index in [9.17, 15) is 9.59 Å². The number of rotatable bonds is 2. The number of carbonyl (C=O) groups is 2. The van der Waals surface area contributed by atoms with Crippen LogP contribution >= 0.6 is 11.6 Å². The first kappa shape index (κ1) is 13.5. The van der Waals surface area contributed by atoms with Crippen LogP contribution in [0.1, 0.15) is 18.5 Å². The summed E-state index contributed by atoms with van der Waals surface area (Å²) in [4.78, 5) is 24.0. The standard InChI is InChI=1S/C12H14ClNO3/c1-8(9-6-4-5-7-10(9)13)14(2)11(15)12(16)17-3/h4-8H,1-3H3. The molecule has 0 aliphatic heterocycles. The number of likely N-dealkylation sites (N-methyl/N-ethyl adjacent to an activating group) is 1. The molecule has 0 N–H and O–H groups in total. The predicted octanol–water partition coefficient (Wildman–Crippen LogP) is 2.03. The molecule has 4 nitrogen and oxygen atoms in total. The van der Waals surface area contributed by atoms with Gasteiger partial charge in [-0.1, -0.05) is 29.8 Å². The molecular formula is C12H14ClNO3. The maximum atomic E-state index is 11.6. The van der Waals surface area contributed by atoms with E-state index in [1.54, 1.807) is 19.1 Å². The van der Waals surface area contributed by atoms with Crippen molar-refractivity contribution in [2.24, 2.45) is 0 Å². The van der Waals surface area contributed by atoms with Gasteiger partial charge in [0.25, 0.3) is 0 Å². The Bertz CT molecular complexity index is 434. The lowest BCUT2D eigenvalue weighted by atomic mass is 10.1. The first-order valence-electron chi connectivity index (χ1n) is 5.08. The molecule has 1 aromatic rings. The Hall–Kier alpha value is -1.55. The van der Waals surface area contributed by atoms with Crippen molar-refractivity contribution in [3.8, 4) is 0 Å². The Morgan fingerprint density at radius 3 is 2.47 bits per heavy atom. The summed E-state index contributed by atoms with van der Waals surface area (Å²) in [6.07, 6.45) is 0. The Labute approximate surface area is 105 Å². The van der Waals surface area contributed by atoms with E-state index in [1.807, 2.05) is 12.1 Å². The molecule has 0 spiro atoms. The second kappa shape index (κ2) is 5.68. The Kier molecular flexibility index (Phi) is 4.52. The highest BCUT2D eigenvalue weighted by atomic mass is 35.5. The van der Waals surface area contributed by atoms with Gasteiger partial charge in [0.2, 0.25) is 0 Å². The number of ether oxygens (including phenoxy) is 1. The SMILES string of the molecule is COC(=O)C(=O)N(C)C(C)c1ccccc1Cl. The molecule has 0 bridgehead atoms. The predicted molar refractivity (Wildman–Crippen MR) is 64.7 cm³/mol. The molecular weight excluding hydrogens is 242 g/mol. The van der Waals surface area contributed by atoms with Crippen LogP contribution in [-0.4, -0.2) is 30.9 Å². The lowest BCUT2D eigenvalue weighted by Gasteiger charge is -2.24. The van der Waals surface area contributed by atoms with Gasteiger partial charge in [-0.3, -0.25) is 4.79 Å². The van der Waals surface area contributed by atoms with E-state index in [2.05, 4.69) is 4.74 Å². The number of esters is 1. The van der Waals surface area contributed by atoms with Crippen LogP contribution in [0.3, 0.4) is 0 Å². The van der Waals surface area contributed by atoms with Crippen LogP contribution in [0, 0.1) is 0 Å². The minimum absolute atomic E-state index is 0.296. The molecule has 92 valence electrons. The van der Waals surface area contributed by atoms with Crippen LogP contribution in [0.25, 0.3) is 0 Å². The summed E-state index contributed by atoms with van der Waals surface area (Å²) in [6, 6.07) is 6.89. The number of halogens is 1. The van der Waals surface area contributed by atoms with Crippen LogP contribution in [0.15, 0.2) is 24.3 Å². The first-order chi connectivity index (χ1) is 7.99. The van der Waals surface area contributed by atoms with Gasteiger partial charge in [0, 0.05) is 12.1 Å². The fourth-order valence-electron chi connectivity index (χ4n) is 1.43. The molecule has 1 amide bonds. The molecule has 0 saturated heterocycles. The van der Waals surface area contributed by atoms with Gasteiger partial charge in [-0.2, -0.15) is 0 Å². The number of amides is 1. The number of nitrogens with zero attached hydrogens (tertiary/aromatic N) is 1. The maximum absolute atomic E-state index is 11.6. The third-order valence-electron chi connectivity index (χ3n) is 2.62. The van der Waals surface area contributed by atoms with Crippen molar-refractivity contribution in [3.63, 3.8) is 0 Å². The fraction of sp³-hybridized carbons (Fsp3) is 0.333. The molecule has 0 heterocycles. The number of benzene rings is 1. The third kappa shape index (κ3) is 2.97. The number of carbonyl (C=O) groups excluding carboxylic acids is 2. The van der Waals surface area contributed by atoms with E-state index in [0.29, 0.717) is 5.02 Å². The fourth-order valence-corrected chi connectivity index (χ4v) is 1.72. The minimum Gasteiger partial charge on any atom is -0.462 e. The minimum atomic E-state index is -0.883. The lowest BCUT2D eigenvalue weighted by molar-refractivity contribution is -0.158. The van der Waals surface area contributed by atoms with Gasteiger partial charge in [0.05, 0.1) is 13.2 Å². The average Bonchev–Trinajstić information content (AvgIpc) is 2.35. The van der Waals surface area contributed by atoms with Crippen LogP contribution in [0.2, 0.25) is 5.02 Å². The van der Waals surface area contributed by atoms with Crippen molar-refractivity contribution in [1.82, 2.24) is 4.90 Å². The van der Waals surface area contributed by atoms with E-state index in [4.69, 9.17) is 11.6 Å². The summed E-state index contributed by atoms with van der Waals surface area (Å²) in [7, 11) is 2.71. The Balaban J connectivity index is 2.91. The summed E-state index contributed by atoms with van der Waals surface area (Å²) in [5.74, 6) is -1.58. The first-order valence-corrected chi connectivity index (χ1v) is 5.46. The van der Waals surface area contributed by atoms with E-state index >= 15 is 0 Å². The molecule has 1 aromatic carbocycles. The second-order valence-corrected chi connectivity index (χ2v) is 4.01. The maximum Gasteiger partial charge on any atom is 0.396 e. The second-order valence-electron chi connectivity index (χ2n) is 3.61. The highest BCUT2D eigenvalue weighted by molar-refractivity contribution is 6.33. The van der Waals surface area contributed by atoms with Gasteiger partial charge in [-0.15, -0.1) is 0 Å². The van der Waals surface area contributed by atoms with Gasteiger partial charge in [-0.05, 0) is 18.6 Å². The van der Waals surface area contributed by atoms with Crippen molar-refractivity contribution < 1.29 is 14.3 Å². The van der Waals surface area contributed by atoms with Crippen molar-refractivity contribution in [2.45, 2.75) is 13.0 Å². The van der Waals surface area contributed by atoms with E-state index in [0.717, 1.165) is 5.56 Å². The van der Waals surface area contributed by atoms with Crippen LogP contribution in [-0.2, 0) is 14.3 Å². The van der Waals surface area contributed by atoms with E-state index < -0.39 is 11.9 Å². The molecule has 1 unspecified atom stereocenters. The molecule has 0 aliphatic carbocycles. The number of methoxy groups -OCH3 is 1. The highest BCUT2D eigenvalue weighted by Gasteiger charge is 2.25. The highest BCUT2D eigenvalue weighted by Crippen LogP contribution is 2.26. The summed E-state index contributed by atoms with van der Waals surface area (Å²) in [5, 5.41) is 0.560. The quantitative estimate of drug-likeness (QED) is 0.600. The van der Waals surface area contributed by atoms with Gasteiger partial charge in [0.15, 0.2) is 0 Å². The van der Waals surface area contributed by atoms with Crippen LogP contribution in [0.4, 0.5) is 0 Å². The molecule has 1 rings (SSSR count). The van der Waals surface area contributed by atoms with Gasteiger partial charge < -0.3 is 9.64 Å². The van der Waals surface area contributed by atoms with Crippen LogP contribution < -0.4 is 0 Å². The topological polar surface area (TPSA) is 46.6 Å². The van der Waals surface area contributed by atoms with E-state index in [1.165, 1.54) is 19.1 Å². The Morgan fingerprint density at radius 1 is 1.35 bits per heavy atom. The molecule has 5 heteroatoms. The monoisotopic (exact) mass is 255 g/mol. The van der Waals surface area contributed by atoms with Gasteiger partial charge >= 0.3 is 11.9 Å². The molecule has 0 aromatic heterocycles. The van der Waals surface area contributed by atoms with Crippen molar-refractivity contribution in [2.75, 3.05) is 14.2 Å². The van der Waals surface area contributed by atoms with E-state index in [-0.39, 0.29) is 6.04 Å². The zero-order chi connectivity index (χ0) is 13.0. The number of hydrogen-bond acceptors (Lipinski definition) is 3. The Morgan fingerprint density at radius 2 is 1.94 bits per heavy atom. The molecule has 0 fully saturated rings. The molecule has 1 atom stereocenters. The zero-order valence-corrected chi connectivity index (χ0v) is 10.7. The van der Waals surface area contributed by atoms with Crippen molar-refractivity contribution >= 4 is 23.5 Å².